The molecule has 2 saturated heterocycles. The highest BCUT2D eigenvalue weighted by molar-refractivity contribution is 5.07. The van der Waals surface area contributed by atoms with Crippen LogP contribution in [-0.2, 0) is 11.3 Å². The summed E-state index contributed by atoms with van der Waals surface area (Å²) in [5.74, 6) is 0. The molecule has 0 saturated carbocycles. The number of nitrogens with zero attached hydrogens (tertiary/aromatic N) is 2. The Morgan fingerprint density at radius 2 is 2.28 bits per heavy atom. The maximum absolute atomic E-state index is 5.92. The van der Waals surface area contributed by atoms with Gasteiger partial charge in [-0.25, -0.2) is 0 Å². The molecule has 0 unspecified atom stereocenters. The van der Waals surface area contributed by atoms with Crippen LogP contribution in [0.3, 0.4) is 0 Å². The molecule has 0 aliphatic carbocycles. The zero-order valence-corrected chi connectivity index (χ0v) is 11.2. The van der Waals surface area contributed by atoms with E-state index in [9.17, 15) is 0 Å². The van der Waals surface area contributed by atoms with Gasteiger partial charge in [-0.05, 0) is 19.9 Å². The summed E-state index contributed by atoms with van der Waals surface area (Å²) in [7, 11) is 0. The van der Waals surface area contributed by atoms with Crippen molar-refractivity contribution in [3.05, 3.63) is 24.2 Å². The van der Waals surface area contributed by atoms with Crippen LogP contribution in [0.1, 0.15) is 19.4 Å². The van der Waals surface area contributed by atoms with Gasteiger partial charge >= 0.3 is 0 Å². The van der Waals surface area contributed by atoms with Crippen LogP contribution in [0.25, 0.3) is 0 Å². The maximum Gasteiger partial charge on any atom is 0.0947 e. The molecule has 0 aromatic carbocycles. The number of hydrogen-bond donors (Lipinski definition) is 0. The summed E-state index contributed by atoms with van der Waals surface area (Å²) in [5, 5.41) is 0. The molecule has 3 rings (SSSR count). The molecule has 0 bridgehead atoms. The standard InChI is InChI=1S/C14H22N2O2/c1-11(2)16-4-6-18-14-9-15(8-13(14)16)7-12-3-5-17-10-12/h3,5,10-11,13-14H,4,6-9H2,1-2H3/t13-,14+/m1/s1. The van der Waals surface area contributed by atoms with Crippen LogP contribution in [0, 0.1) is 0 Å². The van der Waals surface area contributed by atoms with E-state index in [1.54, 1.807) is 6.26 Å². The fraction of sp³-hybridized carbons (Fsp3) is 0.714. The highest BCUT2D eigenvalue weighted by Gasteiger charge is 2.40. The number of likely N-dealkylation sites (tertiary alicyclic amines) is 1. The minimum Gasteiger partial charge on any atom is -0.472 e. The van der Waals surface area contributed by atoms with E-state index in [1.165, 1.54) is 5.56 Å². The minimum absolute atomic E-state index is 0.382. The Labute approximate surface area is 108 Å². The largest absolute Gasteiger partial charge is 0.472 e. The molecule has 18 heavy (non-hydrogen) atoms. The van der Waals surface area contributed by atoms with Crippen molar-refractivity contribution < 1.29 is 9.15 Å². The summed E-state index contributed by atoms with van der Waals surface area (Å²) in [6.07, 6.45) is 3.96. The lowest BCUT2D eigenvalue weighted by Crippen LogP contribution is -2.53. The molecule has 3 heterocycles. The lowest BCUT2D eigenvalue weighted by atomic mass is 10.1. The van der Waals surface area contributed by atoms with Crippen molar-refractivity contribution in [3.63, 3.8) is 0 Å². The zero-order valence-electron chi connectivity index (χ0n) is 11.2. The molecule has 0 radical (unpaired) electrons. The van der Waals surface area contributed by atoms with E-state index in [1.807, 2.05) is 12.3 Å². The predicted octanol–water partition coefficient (Wildman–Crippen LogP) is 1.57. The van der Waals surface area contributed by atoms with Crippen molar-refractivity contribution in [3.8, 4) is 0 Å². The molecule has 2 fully saturated rings. The first kappa shape index (κ1) is 12.2. The number of ether oxygens (including phenoxy) is 1. The molecule has 2 aliphatic rings. The van der Waals surface area contributed by atoms with Gasteiger partial charge in [-0.3, -0.25) is 9.80 Å². The Bertz CT molecular complexity index is 377. The summed E-state index contributed by atoms with van der Waals surface area (Å²) in [6.45, 7) is 9.62. The fourth-order valence-electron chi connectivity index (χ4n) is 3.20. The molecule has 0 amide bonds. The van der Waals surface area contributed by atoms with Gasteiger partial charge in [-0.2, -0.15) is 0 Å². The summed E-state index contributed by atoms with van der Waals surface area (Å²) in [4.78, 5) is 5.06. The highest BCUT2D eigenvalue weighted by Crippen LogP contribution is 2.25. The molecule has 0 spiro atoms. The van der Waals surface area contributed by atoms with Gasteiger partial charge in [0.1, 0.15) is 0 Å². The molecule has 2 atom stereocenters. The molecule has 4 heteroatoms. The van der Waals surface area contributed by atoms with Crippen LogP contribution in [0.5, 0.6) is 0 Å². The highest BCUT2D eigenvalue weighted by atomic mass is 16.5. The van der Waals surface area contributed by atoms with Gasteiger partial charge in [0, 0.05) is 37.8 Å². The van der Waals surface area contributed by atoms with Crippen molar-refractivity contribution in [2.24, 2.45) is 0 Å². The first-order valence-corrected chi connectivity index (χ1v) is 6.85. The van der Waals surface area contributed by atoms with E-state index < -0.39 is 0 Å². The van der Waals surface area contributed by atoms with E-state index in [2.05, 4.69) is 23.6 Å². The third kappa shape index (κ3) is 2.32. The summed E-state index contributed by atoms with van der Waals surface area (Å²) < 4.78 is 11.1. The molecule has 2 aliphatic heterocycles. The second kappa shape index (κ2) is 5.03. The number of furan rings is 1. The van der Waals surface area contributed by atoms with Gasteiger partial charge in [-0.1, -0.05) is 0 Å². The van der Waals surface area contributed by atoms with Gasteiger partial charge in [-0.15, -0.1) is 0 Å². The summed E-state index contributed by atoms with van der Waals surface area (Å²) in [6, 6.07) is 3.21. The van der Waals surface area contributed by atoms with Crippen molar-refractivity contribution in [1.82, 2.24) is 9.80 Å². The van der Waals surface area contributed by atoms with Crippen LogP contribution < -0.4 is 0 Å². The molecule has 1 aromatic rings. The van der Waals surface area contributed by atoms with Crippen LogP contribution in [0.15, 0.2) is 23.0 Å². The third-order valence-corrected chi connectivity index (χ3v) is 4.07. The van der Waals surface area contributed by atoms with Crippen molar-refractivity contribution in [2.75, 3.05) is 26.2 Å². The fourth-order valence-corrected chi connectivity index (χ4v) is 3.20. The number of fused-ring (bicyclic) bond motifs is 1. The number of rotatable bonds is 3. The molecule has 1 aromatic heterocycles. The average molecular weight is 250 g/mol. The van der Waals surface area contributed by atoms with Crippen molar-refractivity contribution in [1.29, 1.82) is 0 Å². The Balaban J connectivity index is 1.65. The first-order valence-electron chi connectivity index (χ1n) is 6.85. The van der Waals surface area contributed by atoms with Gasteiger partial charge < -0.3 is 9.15 Å². The molecule has 0 N–H and O–H groups in total. The maximum atomic E-state index is 5.92. The average Bonchev–Trinajstić information content (AvgIpc) is 2.96. The molecular weight excluding hydrogens is 228 g/mol. The van der Waals surface area contributed by atoms with Gasteiger partial charge in [0.05, 0.1) is 31.3 Å². The van der Waals surface area contributed by atoms with Crippen LogP contribution >= 0.6 is 0 Å². The topological polar surface area (TPSA) is 28.9 Å². The Hall–Kier alpha value is -0.840. The van der Waals surface area contributed by atoms with E-state index in [4.69, 9.17) is 9.15 Å². The minimum atomic E-state index is 0.382. The van der Waals surface area contributed by atoms with Crippen molar-refractivity contribution in [2.45, 2.75) is 38.6 Å². The van der Waals surface area contributed by atoms with E-state index in [0.29, 0.717) is 18.2 Å². The third-order valence-electron chi connectivity index (χ3n) is 4.07. The quantitative estimate of drug-likeness (QED) is 0.814. The second-order valence-electron chi connectivity index (χ2n) is 5.63. The van der Waals surface area contributed by atoms with Crippen LogP contribution in [0.2, 0.25) is 0 Å². The Morgan fingerprint density at radius 1 is 1.39 bits per heavy atom. The lowest BCUT2D eigenvalue weighted by molar-refractivity contribution is -0.0583. The van der Waals surface area contributed by atoms with Gasteiger partial charge in [0.2, 0.25) is 0 Å². The van der Waals surface area contributed by atoms with Gasteiger partial charge in [0.15, 0.2) is 0 Å². The number of morpholine rings is 1. The second-order valence-corrected chi connectivity index (χ2v) is 5.63. The Morgan fingerprint density at radius 3 is 3.00 bits per heavy atom. The molecule has 100 valence electrons. The normalized spacial score (nSPS) is 29.9. The smallest absolute Gasteiger partial charge is 0.0947 e. The first-order chi connectivity index (χ1) is 8.74. The Kier molecular flexibility index (Phi) is 3.41. The predicted molar refractivity (Wildman–Crippen MR) is 69.4 cm³/mol. The number of hydrogen-bond acceptors (Lipinski definition) is 4. The van der Waals surface area contributed by atoms with Crippen molar-refractivity contribution >= 4 is 0 Å². The van der Waals surface area contributed by atoms with Crippen LogP contribution in [-0.4, -0.2) is 54.2 Å². The van der Waals surface area contributed by atoms with E-state index >= 15 is 0 Å². The molecule has 4 nitrogen and oxygen atoms in total. The zero-order chi connectivity index (χ0) is 12.5. The van der Waals surface area contributed by atoms with E-state index in [0.717, 1.165) is 32.8 Å². The summed E-state index contributed by atoms with van der Waals surface area (Å²) >= 11 is 0. The monoisotopic (exact) mass is 250 g/mol. The van der Waals surface area contributed by atoms with Gasteiger partial charge in [0.25, 0.3) is 0 Å². The SMILES string of the molecule is CC(C)N1CCO[C@H]2CN(Cc3ccoc3)C[C@H]21. The lowest BCUT2D eigenvalue weighted by Gasteiger charge is -2.39. The van der Waals surface area contributed by atoms with Crippen LogP contribution in [0.4, 0.5) is 0 Å². The summed E-state index contributed by atoms with van der Waals surface area (Å²) in [5.41, 5.74) is 1.25. The molecular formula is C14H22N2O2. The van der Waals surface area contributed by atoms with E-state index in [-0.39, 0.29) is 0 Å².